The first-order valence-corrected chi connectivity index (χ1v) is 7.30. The topological polar surface area (TPSA) is 34.1 Å². The number of nitrogens with one attached hydrogen (secondary N) is 1. The second kappa shape index (κ2) is 5.72. The maximum atomic E-state index is 13.0. The molecule has 0 aliphatic carbocycles. The summed E-state index contributed by atoms with van der Waals surface area (Å²) in [6.45, 7) is 4.77. The van der Waals surface area contributed by atoms with Crippen molar-refractivity contribution >= 4 is 5.69 Å². The summed E-state index contributed by atoms with van der Waals surface area (Å²) in [4.78, 5) is 4.54. The summed E-state index contributed by atoms with van der Waals surface area (Å²) in [5.41, 5.74) is 4.11. The second-order valence-corrected chi connectivity index (χ2v) is 5.45. The van der Waals surface area contributed by atoms with Crippen molar-refractivity contribution in [2.45, 2.75) is 32.7 Å². The van der Waals surface area contributed by atoms with E-state index in [1.54, 1.807) is 0 Å². The van der Waals surface area contributed by atoms with Crippen molar-refractivity contribution in [1.29, 1.82) is 0 Å². The van der Waals surface area contributed by atoms with E-state index in [1.165, 1.54) is 12.1 Å². The molecule has 0 saturated heterocycles. The first-order valence-electron chi connectivity index (χ1n) is 7.30. The van der Waals surface area contributed by atoms with Crippen LogP contribution in [0.1, 0.15) is 30.2 Å². The fraction of sp³-hybridized carbons (Fsp3) is 0.353. The third-order valence-corrected chi connectivity index (χ3v) is 3.86. The molecule has 110 valence electrons. The third-order valence-electron chi connectivity index (χ3n) is 3.86. The Balaban J connectivity index is 1.87. The van der Waals surface area contributed by atoms with Gasteiger partial charge in [0.05, 0.1) is 11.7 Å². The van der Waals surface area contributed by atoms with Gasteiger partial charge in [0.2, 0.25) is 5.88 Å². The number of pyridine rings is 1. The molecule has 1 aromatic carbocycles. The van der Waals surface area contributed by atoms with E-state index in [9.17, 15) is 4.39 Å². The Labute approximate surface area is 124 Å². The van der Waals surface area contributed by atoms with Crippen molar-refractivity contribution in [3.63, 3.8) is 0 Å². The van der Waals surface area contributed by atoms with Crippen LogP contribution in [0.25, 0.3) is 0 Å². The molecule has 0 bridgehead atoms. The molecule has 0 radical (unpaired) electrons. The summed E-state index contributed by atoms with van der Waals surface area (Å²) in [6, 6.07) is 9.04. The number of ether oxygens (including phenoxy) is 1. The van der Waals surface area contributed by atoms with Gasteiger partial charge >= 0.3 is 0 Å². The van der Waals surface area contributed by atoms with Gasteiger partial charge in [-0.25, -0.2) is 9.37 Å². The molecule has 0 saturated carbocycles. The van der Waals surface area contributed by atoms with Crippen LogP contribution >= 0.6 is 0 Å². The summed E-state index contributed by atoms with van der Waals surface area (Å²) in [5, 5.41) is 3.46. The third kappa shape index (κ3) is 2.99. The van der Waals surface area contributed by atoms with Crippen LogP contribution < -0.4 is 10.1 Å². The quantitative estimate of drug-likeness (QED) is 0.934. The molecule has 0 fully saturated rings. The molecule has 3 rings (SSSR count). The van der Waals surface area contributed by atoms with Gasteiger partial charge in [0, 0.05) is 5.69 Å². The van der Waals surface area contributed by atoms with E-state index in [-0.39, 0.29) is 5.82 Å². The molecular formula is C17H19FN2O. The van der Waals surface area contributed by atoms with Gasteiger partial charge in [-0.1, -0.05) is 19.1 Å². The predicted octanol–water partition coefficient (Wildman–Crippen LogP) is 3.70. The lowest BCUT2D eigenvalue weighted by molar-refractivity contribution is 0.270. The van der Waals surface area contributed by atoms with E-state index >= 15 is 0 Å². The van der Waals surface area contributed by atoms with Crippen molar-refractivity contribution in [3.05, 3.63) is 53.0 Å². The Morgan fingerprint density at radius 3 is 2.81 bits per heavy atom. The molecule has 0 amide bonds. The van der Waals surface area contributed by atoms with Crippen LogP contribution in [-0.2, 0) is 6.42 Å². The summed E-state index contributed by atoms with van der Waals surface area (Å²) in [7, 11) is 0. The van der Waals surface area contributed by atoms with E-state index in [1.807, 2.05) is 19.1 Å². The van der Waals surface area contributed by atoms with Gasteiger partial charge in [0.15, 0.2) is 0 Å². The highest BCUT2D eigenvalue weighted by Crippen LogP contribution is 2.30. The van der Waals surface area contributed by atoms with E-state index in [0.717, 1.165) is 35.3 Å². The van der Waals surface area contributed by atoms with Gasteiger partial charge in [-0.05, 0) is 49.1 Å². The fourth-order valence-corrected chi connectivity index (χ4v) is 2.50. The number of benzene rings is 1. The Morgan fingerprint density at radius 1 is 1.33 bits per heavy atom. The van der Waals surface area contributed by atoms with E-state index in [4.69, 9.17) is 4.74 Å². The minimum absolute atomic E-state index is 0.208. The van der Waals surface area contributed by atoms with Crippen molar-refractivity contribution in [2.75, 3.05) is 11.9 Å². The number of hydrogen-bond acceptors (Lipinski definition) is 3. The van der Waals surface area contributed by atoms with Gasteiger partial charge in [-0.2, -0.15) is 0 Å². The van der Waals surface area contributed by atoms with Crippen LogP contribution in [-0.4, -0.2) is 17.6 Å². The molecule has 1 aliphatic rings. The highest BCUT2D eigenvalue weighted by Gasteiger charge is 2.20. The predicted molar refractivity (Wildman–Crippen MR) is 81.4 cm³/mol. The largest absolute Gasteiger partial charge is 0.474 e. The first-order chi connectivity index (χ1) is 10.2. The number of rotatable bonds is 3. The Kier molecular flexibility index (Phi) is 3.78. The average Bonchev–Trinajstić information content (AvgIpc) is 2.50. The van der Waals surface area contributed by atoms with Crippen LogP contribution in [0.5, 0.6) is 5.88 Å². The smallest absolute Gasteiger partial charge is 0.237 e. The number of fused-ring (bicyclic) bond motifs is 1. The highest BCUT2D eigenvalue weighted by molar-refractivity contribution is 5.57. The molecule has 0 unspecified atom stereocenters. The zero-order valence-corrected chi connectivity index (χ0v) is 12.3. The van der Waals surface area contributed by atoms with E-state index in [2.05, 4.69) is 23.3 Å². The molecule has 2 aromatic rings. The molecule has 1 aliphatic heterocycles. The SMILES string of the molecule is CC[C@H]1COc2nc(C)c(Cc3ccc(F)cc3)cc2N1. The van der Waals surface area contributed by atoms with Crippen LogP contribution in [0.3, 0.4) is 0 Å². The maximum Gasteiger partial charge on any atom is 0.237 e. The Morgan fingerprint density at radius 2 is 2.10 bits per heavy atom. The first kappa shape index (κ1) is 13.9. The molecular weight excluding hydrogens is 267 g/mol. The Bertz CT molecular complexity index is 640. The lowest BCUT2D eigenvalue weighted by Gasteiger charge is -2.26. The molecule has 3 nitrogen and oxygen atoms in total. The number of nitrogens with zero attached hydrogens (tertiary/aromatic N) is 1. The normalized spacial score (nSPS) is 16.8. The maximum absolute atomic E-state index is 13.0. The summed E-state index contributed by atoms with van der Waals surface area (Å²) in [5.74, 6) is 0.472. The lowest BCUT2D eigenvalue weighted by Crippen LogP contribution is -2.31. The fourth-order valence-electron chi connectivity index (χ4n) is 2.50. The van der Waals surface area contributed by atoms with Gasteiger partial charge in [-0.3, -0.25) is 0 Å². The highest BCUT2D eigenvalue weighted by atomic mass is 19.1. The minimum Gasteiger partial charge on any atom is -0.474 e. The number of aryl methyl sites for hydroxylation is 1. The van der Waals surface area contributed by atoms with Crippen molar-refractivity contribution in [1.82, 2.24) is 4.98 Å². The van der Waals surface area contributed by atoms with Crippen LogP contribution in [0, 0.1) is 12.7 Å². The second-order valence-electron chi connectivity index (χ2n) is 5.45. The molecule has 1 aromatic heterocycles. The number of halogens is 1. The summed E-state index contributed by atoms with van der Waals surface area (Å²) >= 11 is 0. The summed E-state index contributed by atoms with van der Waals surface area (Å²) in [6.07, 6.45) is 1.76. The van der Waals surface area contributed by atoms with Crippen LogP contribution in [0.4, 0.5) is 10.1 Å². The van der Waals surface area contributed by atoms with Gasteiger partial charge in [-0.15, -0.1) is 0 Å². The summed E-state index contributed by atoms with van der Waals surface area (Å²) < 4.78 is 18.7. The zero-order valence-electron chi connectivity index (χ0n) is 12.3. The molecule has 4 heteroatoms. The van der Waals surface area contributed by atoms with Gasteiger partial charge in [0.25, 0.3) is 0 Å². The number of anilines is 1. The van der Waals surface area contributed by atoms with Crippen LogP contribution in [0.2, 0.25) is 0 Å². The molecule has 2 heterocycles. The van der Waals surface area contributed by atoms with Gasteiger partial charge < -0.3 is 10.1 Å². The standard InChI is InChI=1S/C17H19FN2O/c1-3-15-10-21-17-16(20-15)9-13(11(2)19-17)8-12-4-6-14(18)7-5-12/h4-7,9,15,20H,3,8,10H2,1-2H3/t15-/m0/s1. The Hall–Kier alpha value is -2.10. The molecule has 21 heavy (non-hydrogen) atoms. The molecule has 1 N–H and O–H groups in total. The van der Waals surface area contributed by atoms with Crippen molar-refractivity contribution < 1.29 is 9.13 Å². The van der Waals surface area contributed by atoms with E-state index < -0.39 is 0 Å². The molecule has 0 spiro atoms. The minimum atomic E-state index is -0.208. The average molecular weight is 286 g/mol. The number of aromatic nitrogens is 1. The zero-order chi connectivity index (χ0) is 14.8. The van der Waals surface area contributed by atoms with Crippen molar-refractivity contribution in [3.8, 4) is 5.88 Å². The number of hydrogen-bond donors (Lipinski definition) is 1. The van der Waals surface area contributed by atoms with E-state index in [0.29, 0.717) is 18.5 Å². The lowest BCUT2D eigenvalue weighted by atomic mass is 10.0. The molecule has 1 atom stereocenters. The van der Waals surface area contributed by atoms with Gasteiger partial charge in [0.1, 0.15) is 12.4 Å². The monoisotopic (exact) mass is 286 g/mol. The van der Waals surface area contributed by atoms with Crippen LogP contribution in [0.15, 0.2) is 30.3 Å². The van der Waals surface area contributed by atoms with Crippen molar-refractivity contribution in [2.24, 2.45) is 0 Å².